The normalized spacial score (nSPS) is 11.9. The fourth-order valence-electron chi connectivity index (χ4n) is 4.63. The smallest absolute Gasteiger partial charge is 0.264 e. The number of nitrogens with zero attached hydrogens (tertiary/aromatic N) is 2. The molecule has 7 nitrogen and oxygen atoms in total. The summed E-state index contributed by atoms with van der Waals surface area (Å²) in [5.41, 5.74) is 1.43. The van der Waals surface area contributed by atoms with Gasteiger partial charge in [-0.2, -0.15) is 0 Å². The lowest BCUT2D eigenvalue weighted by atomic mass is 10.0. The lowest BCUT2D eigenvalue weighted by Crippen LogP contribution is -2.53. The molecular formula is C33H32Cl2FN3O4S. The predicted molar refractivity (Wildman–Crippen MR) is 172 cm³/mol. The van der Waals surface area contributed by atoms with Gasteiger partial charge < -0.3 is 10.2 Å². The summed E-state index contributed by atoms with van der Waals surface area (Å²) in [5, 5.41) is 3.47. The summed E-state index contributed by atoms with van der Waals surface area (Å²) in [5.74, 6) is -1.67. The first kappa shape index (κ1) is 33.0. The van der Waals surface area contributed by atoms with Gasteiger partial charge in [0.15, 0.2) is 0 Å². The van der Waals surface area contributed by atoms with Crippen LogP contribution in [0.4, 0.5) is 10.1 Å². The summed E-state index contributed by atoms with van der Waals surface area (Å²) in [7, 11) is -4.34. The molecule has 0 aromatic heterocycles. The van der Waals surface area contributed by atoms with Gasteiger partial charge in [-0.15, -0.1) is 0 Å². The van der Waals surface area contributed by atoms with Crippen molar-refractivity contribution in [1.29, 1.82) is 0 Å². The van der Waals surface area contributed by atoms with E-state index in [4.69, 9.17) is 23.2 Å². The largest absolute Gasteiger partial charge is 0.354 e. The summed E-state index contributed by atoms with van der Waals surface area (Å²) in [6, 6.07) is 25.6. The van der Waals surface area contributed by atoms with Crippen molar-refractivity contribution >= 4 is 50.7 Å². The first-order valence-corrected chi connectivity index (χ1v) is 16.2. The van der Waals surface area contributed by atoms with Crippen molar-refractivity contribution in [3.8, 4) is 0 Å². The third kappa shape index (κ3) is 8.16. The van der Waals surface area contributed by atoms with Gasteiger partial charge in [0.25, 0.3) is 10.0 Å². The van der Waals surface area contributed by atoms with E-state index in [1.165, 1.54) is 4.90 Å². The Bertz CT molecular complexity index is 1650. The molecule has 0 unspecified atom stereocenters. The van der Waals surface area contributed by atoms with Crippen molar-refractivity contribution in [2.75, 3.05) is 17.4 Å². The minimum atomic E-state index is -4.34. The number of hydrogen-bond acceptors (Lipinski definition) is 4. The Morgan fingerprint density at radius 1 is 0.841 bits per heavy atom. The average molecular weight is 657 g/mol. The van der Waals surface area contributed by atoms with Gasteiger partial charge in [0, 0.05) is 35.1 Å². The van der Waals surface area contributed by atoms with E-state index in [1.54, 1.807) is 48.5 Å². The molecule has 0 fully saturated rings. The molecule has 0 bridgehead atoms. The quantitative estimate of drug-likeness (QED) is 0.178. The summed E-state index contributed by atoms with van der Waals surface area (Å²) in [6.45, 7) is 1.48. The molecule has 0 radical (unpaired) electrons. The number of carbonyl (C=O) groups excluding carboxylic acids is 2. The zero-order valence-electron chi connectivity index (χ0n) is 24.0. The first-order chi connectivity index (χ1) is 21.1. The number of rotatable bonds is 13. The first-order valence-electron chi connectivity index (χ1n) is 14.0. The van der Waals surface area contributed by atoms with Crippen LogP contribution >= 0.6 is 23.2 Å². The van der Waals surface area contributed by atoms with Gasteiger partial charge in [0.1, 0.15) is 18.4 Å². The summed E-state index contributed by atoms with van der Waals surface area (Å²) in [4.78, 5) is 29.2. The van der Waals surface area contributed by atoms with Gasteiger partial charge in [-0.3, -0.25) is 13.9 Å². The maximum absolute atomic E-state index is 14.4. The van der Waals surface area contributed by atoms with Gasteiger partial charge in [-0.25, -0.2) is 12.8 Å². The van der Waals surface area contributed by atoms with Gasteiger partial charge >= 0.3 is 0 Å². The molecule has 1 N–H and O–H groups in total. The zero-order chi connectivity index (χ0) is 31.7. The monoisotopic (exact) mass is 655 g/mol. The van der Waals surface area contributed by atoms with Crippen LogP contribution in [0, 0.1) is 5.82 Å². The van der Waals surface area contributed by atoms with Crippen molar-refractivity contribution in [3.05, 3.63) is 130 Å². The predicted octanol–water partition coefficient (Wildman–Crippen LogP) is 6.49. The number of carbonyl (C=O) groups is 2. The van der Waals surface area contributed by atoms with Crippen LogP contribution in [-0.4, -0.2) is 44.3 Å². The van der Waals surface area contributed by atoms with Crippen LogP contribution in [0.2, 0.25) is 10.0 Å². The van der Waals surface area contributed by atoms with Gasteiger partial charge in [-0.1, -0.05) is 84.7 Å². The van der Waals surface area contributed by atoms with Crippen LogP contribution in [-0.2, 0) is 32.6 Å². The standard InChI is InChI=1S/C33H32Cl2FN3O4S/c1-2-20-37-33(41)31(21-24-10-5-3-6-11-24)38(22-28-29(34)14-9-15-30(28)35)32(40)23-39(26-12-7-4-8-13-26)44(42,43)27-18-16-25(36)17-19-27/h3-19,31H,2,20-23H2,1H3,(H,37,41)/t31-/m1/s1. The molecule has 0 aliphatic carbocycles. The number of anilines is 1. The van der Waals surface area contributed by atoms with Gasteiger partial charge in [0.05, 0.1) is 10.6 Å². The van der Waals surface area contributed by atoms with Crippen LogP contribution in [0.3, 0.4) is 0 Å². The lowest BCUT2D eigenvalue weighted by Gasteiger charge is -2.34. The van der Waals surface area contributed by atoms with Crippen molar-refractivity contribution in [2.45, 2.75) is 37.2 Å². The molecule has 0 aliphatic rings. The molecule has 0 spiro atoms. The molecule has 11 heteroatoms. The van der Waals surface area contributed by atoms with Crippen LogP contribution in [0.5, 0.6) is 0 Å². The SMILES string of the molecule is CCCNC(=O)[C@@H](Cc1ccccc1)N(Cc1c(Cl)cccc1Cl)C(=O)CN(c1ccccc1)S(=O)(=O)c1ccc(F)cc1. The number of hydrogen-bond donors (Lipinski definition) is 1. The Balaban J connectivity index is 1.81. The van der Waals surface area contributed by atoms with E-state index in [1.807, 2.05) is 37.3 Å². The number of nitrogens with one attached hydrogen (secondary N) is 1. The Morgan fingerprint density at radius 3 is 2.02 bits per heavy atom. The second-order valence-corrected chi connectivity index (χ2v) is 12.7. The van der Waals surface area contributed by atoms with Crippen molar-refractivity contribution in [2.24, 2.45) is 0 Å². The molecule has 4 rings (SSSR count). The Morgan fingerprint density at radius 2 is 1.43 bits per heavy atom. The lowest BCUT2D eigenvalue weighted by molar-refractivity contribution is -0.140. The Kier molecular flexibility index (Phi) is 11.4. The van der Waals surface area contributed by atoms with Crippen molar-refractivity contribution < 1.29 is 22.4 Å². The van der Waals surface area contributed by atoms with Gasteiger partial charge in [-0.05, 0) is 60.5 Å². The van der Waals surface area contributed by atoms with E-state index in [-0.39, 0.29) is 23.5 Å². The molecule has 230 valence electrons. The summed E-state index contributed by atoms with van der Waals surface area (Å²) >= 11 is 13.0. The van der Waals surface area contributed by atoms with Crippen LogP contribution in [0.15, 0.2) is 108 Å². The molecule has 4 aromatic rings. The third-order valence-electron chi connectivity index (χ3n) is 6.94. The van der Waals surface area contributed by atoms with E-state index >= 15 is 0 Å². The highest BCUT2D eigenvalue weighted by Crippen LogP contribution is 2.29. The summed E-state index contributed by atoms with van der Waals surface area (Å²) in [6.07, 6.45) is 0.825. The fourth-order valence-corrected chi connectivity index (χ4v) is 6.56. The third-order valence-corrected chi connectivity index (χ3v) is 9.43. The van der Waals surface area contributed by atoms with Crippen LogP contribution in [0.25, 0.3) is 0 Å². The molecule has 1 atom stereocenters. The van der Waals surface area contributed by atoms with Crippen molar-refractivity contribution in [3.63, 3.8) is 0 Å². The maximum Gasteiger partial charge on any atom is 0.264 e. The Labute approximate surface area is 267 Å². The second kappa shape index (κ2) is 15.2. The number of halogens is 3. The van der Waals surface area contributed by atoms with E-state index in [9.17, 15) is 22.4 Å². The van der Waals surface area contributed by atoms with Crippen LogP contribution in [0.1, 0.15) is 24.5 Å². The van der Waals surface area contributed by atoms with E-state index in [0.717, 1.165) is 34.1 Å². The van der Waals surface area contributed by atoms with E-state index < -0.39 is 40.2 Å². The molecular weight excluding hydrogens is 624 g/mol. The molecule has 0 saturated heterocycles. The number of benzene rings is 4. The number of sulfonamides is 1. The molecule has 2 amide bonds. The molecule has 0 saturated carbocycles. The summed E-state index contributed by atoms with van der Waals surface area (Å²) < 4.78 is 42.5. The molecule has 44 heavy (non-hydrogen) atoms. The minimum absolute atomic E-state index is 0.153. The highest BCUT2D eigenvalue weighted by Gasteiger charge is 2.35. The molecule has 4 aromatic carbocycles. The highest BCUT2D eigenvalue weighted by atomic mass is 35.5. The number of para-hydroxylation sites is 1. The minimum Gasteiger partial charge on any atom is -0.354 e. The Hall–Kier alpha value is -3.92. The topological polar surface area (TPSA) is 86.8 Å². The van der Waals surface area contributed by atoms with Crippen molar-refractivity contribution in [1.82, 2.24) is 10.2 Å². The highest BCUT2D eigenvalue weighted by molar-refractivity contribution is 7.92. The number of amides is 2. The fraction of sp³-hybridized carbons (Fsp3) is 0.212. The van der Waals surface area contributed by atoms with E-state index in [0.29, 0.717) is 28.6 Å². The second-order valence-electron chi connectivity index (χ2n) is 10.0. The average Bonchev–Trinajstić information content (AvgIpc) is 3.02. The van der Waals surface area contributed by atoms with Crippen LogP contribution < -0.4 is 9.62 Å². The maximum atomic E-state index is 14.4. The zero-order valence-corrected chi connectivity index (χ0v) is 26.3. The van der Waals surface area contributed by atoms with E-state index in [2.05, 4.69) is 5.32 Å². The molecule has 0 aliphatic heterocycles. The van der Waals surface area contributed by atoms with Gasteiger partial charge in [0.2, 0.25) is 11.8 Å². The molecule has 0 heterocycles.